The topological polar surface area (TPSA) is 38.9 Å². The highest BCUT2D eigenvalue weighted by molar-refractivity contribution is 6.23. The van der Waals surface area contributed by atoms with Crippen LogP contribution in [-0.2, 0) is 5.41 Å². The Balaban J connectivity index is 0.925. The first kappa shape index (κ1) is 33.7. The molecule has 3 heteroatoms. The van der Waals surface area contributed by atoms with E-state index in [1.165, 1.54) is 55.3 Å². The number of hydrogen-bond donors (Lipinski definition) is 0. The second-order valence-corrected chi connectivity index (χ2v) is 16.7. The van der Waals surface area contributed by atoms with Crippen molar-refractivity contribution in [2.24, 2.45) is 0 Å². The molecule has 0 amide bonds. The Bertz CT molecular complexity index is 3790. The molecule has 0 saturated heterocycles. The van der Waals surface area contributed by atoms with Crippen LogP contribution in [0.25, 0.3) is 110 Å². The minimum atomic E-state index is -0.411. The smallest absolute Gasteiger partial charge is 0.143 e. The fraction of sp³-hybridized carbons (Fsp3) is 0.0169. The van der Waals surface area contributed by atoms with Crippen molar-refractivity contribution in [2.45, 2.75) is 5.41 Å². The van der Waals surface area contributed by atoms with Gasteiger partial charge in [-0.25, -0.2) is 4.98 Å². The third kappa shape index (κ3) is 4.39. The summed E-state index contributed by atoms with van der Waals surface area (Å²) < 4.78 is 7.10. The maximum Gasteiger partial charge on any atom is 0.143 e. The molecule has 2 aliphatic rings. The minimum absolute atomic E-state index is 0.411. The quantitative estimate of drug-likeness (QED) is 0.167. The lowest BCUT2D eigenvalue weighted by Gasteiger charge is -2.30. The Morgan fingerprint density at radius 2 is 0.774 bits per heavy atom. The molecule has 2 heterocycles. The maximum atomic E-state index is 7.10. The van der Waals surface area contributed by atoms with Gasteiger partial charge >= 0.3 is 0 Å². The van der Waals surface area contributed by atoms with Crippen LogP contribution < -0.4 is 0 Å². The van der Waals surface area contributed by atoms with Gasteiger partial charge in [0.25, 0.3) is 0 Å². The third-order valence-corrected chi connectivity index (χ3v) is 13.7. The van der Waals surface area contributed by atoms with Gasteiger partial charge in [0.1, 0.15) is 11.2 Å². The standard InChI is InChI=1S/C59H34N2O/c1-3-21-46-40(16-1)41-17-2-4-22-47(41)56-55(46)60-34-54(61-56)37-15-11-14-35(32-37)38-23-12-25-48-49-26-13-24-39(58(49)62-57(38)48)36-30-31-45-44-20-7-10-29-52(44)59(53(45)33-36)50-27-8-5-18-42(50)43-19-6-9-28-51(43)59/h1-34H. The van der Waals surface area contributed by atoms with Crippen molar-refractivity contribution >= 4 is 54.5 Å². The number of para-hydroxylation sites is 2. The van der Waals surface area contributed by atoms with Gasteiger partial charge in [-0.3, -0.25) is 4.98 Å². The average Bonchev–Trinajstić information content (AvgIpc) is 3.98. The summed E-state index contributed by atoms with van der Waals surface area (Å²) in [6, 6.07) is 72.7. The van der Waals surface area contributed by atoms with E-state index in [1.54, 1.807) is 0 Å². The molecule has 3 nitrogen and oxygen atoms in total. The van der Waals surface area contributed by atoms with Crippen LogP contribution in [0.2, 0.25) is 0 Å². The molecule has 1 spiro atoms. The van der Waals surface area contributed by atoms with Crippen LogP contribution in [0.5, 0.6) is 0 Å². The zero-order chi connectivity index (χ0) is 40.5. The van der Waals surface area contributed by atoms with Gasteiger partial charge in [-0.1, -0.05) is 188 Å². The van der Waals surface area contributed by atoms with Crippen molar-refractivity contribution in [3.63, 3.8) is 0 Å². The Labute approximate surface area is 357 Å². The van der Waals surface area contributed by atoms with Crippen LogP contribution in [0.3, 0.4) is 0 Å². The van der Waals surface area contributed by atoms with Crippen molar-refractivity contribution < 1.29 is 4.42 Å². The van der Waals surface area contributed by atoms with Crippen LogP contribution in [-0.4, -0.2) is 9.97 Å². The van der Waals surface area contributed by atoms with E-state index in [2.05, 4.69) is 200 Å². The first-order valence-electron chi connectivity index (χ1n) is 21.3. The van der Waals surface area contributed by atoms with E-state index in [0.717, 1.165) is 77.3 Å². The van der Waals surface area contributed by atoms with E-state index in [-0.39, 0.29) is 0 Å². The van der Waals surface area contributed by atoms with Crippen LogP contribution in [0.15, 0.2) is 211 Å². The van der Waals surface area contributed by atoms with Crippen LogP contribution >= 0.6 is 0 Å². The number of hydrogen-bond acceptors (Lipinski definition) is 3. The highest BCUT2D eigenvalue weighted by atomic mass is 16.3. The average molecular weight is 787 g/mol. The molecule has 62 heavy (non-hydrogen) atoms. The summed E-state index contributed by atoms with van der Waals surface area (Å²) in [6.45, 7) is 0. The maximum absolute atomic E-state index is 7.10. The Morgan fingerprint density at radius 1 is 0.323 bits per heavy atom. The second kappa shape index (κ2) is 12.4. The first-order valence-corrected chi connectivity index (χ1v) is 21.3. The molecule has 0 N–H and O–H groups in total. The zero-order valence-corrected chi connectivity index (χ0v) is 33.4. The van der Waals surface area contributed by atoms with Gasteiger partial charge < -0.3 is 4.42 Å². The van der Waals surface area contributed by atoms with Crippen LogP contribution in [0, 0.1) is 0 Å². The van der Waals surface area contributed by atoms with Crippen molar-refractivity contribution in [1.29, 1.82) is 0 Å². The molecule has 12 aromatic rings. The van der Waals surface area contributed by atoms with Gasteiger partial charge in [0.05, 0.1) is 28.3 Å². The molecule has 14 rings (SSSR count). The largest absolute Gasteiger partial charge is 0.455 e. The predicted molar refractivity (Wildman–Crippen MR) is 254 cm³/mol. The molecule has 0 bridgehead atoms. The molecule has 0 aliphatic heterocycles. The van der Waals surface area contributed by atoms with Crippen molar-refractivity contribution in [1.82, 2.24) is 9.97 Å². The normalized spacial score (nSPS) is 13.3. The Kier molecular flexibility index (Phi) is 6.76. The second-order valence-electron chi connectivity index (χ2n) is 16.7. The summed E-state index contributed by atoms with van der Waals surface area (Å²) in [7, 11) is 0. The Morgan fingerprint density at radius 3 is 1.39 bits per heavy atom. The number of furan rings is 1. The zero-order valence-electron chi connectivity index (χ0n) is 33.4. The molecule has 0 atom stereocenters. The molecule has 10 aromatic carbocycles. The lowest BCUT2D eigenvalue weighted by Crippen LogP contribution is -2.25. The van der Waals surface area contributed by atoms with Crippen molar-refractivity contribution in [3.05, 3.63) is 229 Å². The molecule has 2 aromatic heterocycles. The van der Waals surface area contributed by atoms with Crippen molar-refractivity contribution in [2.75, 3.05) is 0 Å². The van der Waals surface area contributed by atoms with Gasteiger partial charge in [-0.15, -0.1) is 0 Å². The highest BCUT2D eigenvalue weighted by Crippen LogP contribution is 2.63. The molecular formula is C59H34N2O. The fourth-order valence-corrected chi connectivity index (χ4v) is 11.1. The predicted octanol–water partition coefficient (Wildman–Crippen LogP) is 15.2. The summed E-state index contributed by atoms with van der Waals surface area (Å²) in [5, 5.41) is 6.80. The first-order chi connectivity index (χ1) is 30.8. The minimum Gasteiger partial charge on any atom is -0.455 e. The van der Waals surface area contributed by atoms with Gasteiger partial charge in [0.15, 0.2) is 0 Å². The lowest BCUT2D eigenvalue weighted by molar-refractivity contribution is 0.671. The van der Waals surface area contributed by atoms with E-state index in [0.29, 0.717) is 0 Å². The van der Waals surface area contributed by atoms with E-state index in [1.807, 2.05) is 6.20 Å². The van der Waals surface area contributed by atoms with E-state index in [9.17, 15) is 0 Å². The summed E-state index contributed by atoms with van der Waals surface area (Å²) in [5.74, 6) is 0. The van der Waals surface area contributed by atoms with Crippen LogP contribution in [0.1, 0.15) is 22.3 Å². The monoisotopic (exact) mass is 786 g/mol. The summed E-state index contributed by atoms with van der Waals surface area (Å²) in [4.78, 5) is 10.4. The van der Waals surface area contributed by atoms with Crippen LogP contribution in [0.4, 0.5) is 0 Å². The summed E-state index contributed by atoms with van der Waals surface area (Å²) >= 11 is 0. The summed E-state index contributed by atoms with van der Waals surface area (Å²) in [5.41, 5.74) is 19.9. The molecule has 0 radical (unpaired) electrons. The molecule has 2 aliphatic carbocycles. The number of aromatic nitrogens is 2. The molecule has 286 valence electrons. The van der Waals surface area contributed by atoms with Crippen molar-refractivity contribution in [3.8, 4) is 55.8 Å². The summed E-state index contributed by atoms with van der Waals surface area (Å²) in [6.07, 6.45) is 1.92. The molecule has 0 fully saturated rings. The molecule has 0 unspecified atom stereocenters. The SMILES string of the molecule is c1cc(-c2cnc3c4ccccc4c4ccccc4c3n2)cc(-c2cccc3c2oc2c(-c4ccc5c(c4)C4(c6ccccc6-c6ccccc64)c4ccccc4-5)cccc23)c1. The molecule has 0 saturated carbocycles. The highest BCUT2D eigenvalue weighted by Gasteiger charge is 2.51. The lowest BCUT2D eigenvalue weighted by atomic mass is 9.70. The van der Waals surface area contributed by atoms with Gasteiger partial charge in [-0.2, -0.15) is 0 Å². The van der Waals surface area contributed by atoms with Gasteiger partial charge in [-0.05, 0) is 78.5 Å². The number of nitrogens with zero attached hydrogens (tertiary/aromatic N) is 2. The number of benzene rings is 10. The molecular weight excluding hydrogens is 753 g/mol. The van der Waals surface area contributed by atoms with Gasteiger partial charge in [0.2, 0.25) is 0 Å². The van der Waals surface area contributed by atoms with E-state index < -0.39 is 5.41 Å². The van der Waals surface area contributed by atoms with Gasteiger partial charge in [0, 0.05) is 38.2 Å². The number of rotatable bonds is 3. The number of fused-ring (bicyclic) bond motifs is 19. The Hall–Kier alpha value is -8.14. The fourth-order valence-electron chi connectivity index (χ4n) is 11.1. The third-order valence-electron chi connectivity index (χ3n) is 13.7. The van der Waals surface area contributed by atoms with E-state index in [4.69, 9.17) is 14.4 Å². The van der Waals surface area contributed by atoms with E-state index >= 15 is 0 Å².